The number of fused-ring (bicyclic) bond motifs is 2. The number of halogens is 1. The van der Waals surface area contributed by atoms with Gasteiger partial charge in [-0.1, -0.05) is 54.1 Å². The second kappa shape index (κ2) is 9.81. The van der Waals surface area contributed by atoms with Crippen LogP contribution in [0.5, 0.6) is 0 Å². The number of benzene rings is 4. The average Bonchev–Trinajstić information content (AvgIpc) is 3.30. The summed E-state index contributed by atoms with van der Waals surface area (Å²) in [4.78, 5) is 25.5. The highest BCUT2D eigenvalue weighted by Gasteiger charge is 2.15. The van der Waals surface area contributed by atoms with Gasteiger partial charge in [0.1, 0.15) is 5.58 Å². The van der Waals surface area contributed by atoms with Crippen LogP contribution in [0.2, 0.25) is 5.02 Å². The van der Waals surface area contributed by atoms with Gasteiger partial charge < -0.3 is 15.1 Å². The van der Waals surface area contributed by atoms with Crippen LogP contribution in [-0.2, 0) is 0 Å². The van der Waals surface area contributed by atoms with E-state index < -0.39 is 0 Å². The third-order valence-electron chi connectivity index (χ3n) is 5.72. The monoisotopic (exact) mass is 513 g/mol. The summed E-state index contributed by atoms with van der Waals surface area (Å²) in [7, 11) is 0. The summed E-state index contributed by atoms with van der Waals surface area (Å²) in [6, 6.07) is 25.3. The Kier molecular flexibility index (Phi) is 6.41. The topological polar surface area (TPSA) is 83.4 Å². The van der Waals surface area contributed by atoms with E-state index in [1.807, 2.05) is 49.4 Å². The van der Waals surface area contributed by atoms with Crippen LogP contribution in [-0.4, -0.2) is 16.9 Å². The minimum Gasteiger partial charge on any atom is -0.451 e. The van der Waals surface area contributed by atoms with E-state index in [4.69, 9.17) is 28.2 Å². The van der Waals surface area contributed by atoms with Gasteiger partial charge in [-0.3, -0.25) is 14.9 Å². The highest BCUT2D eigenvalue weighted by atomic mass is 35.5. The molecule has 0 unspecified atom stereocenters. The van der Waals surface area contributed by atoms with Gasteiger partial charge in [0, 0.05) is 32.7 Å². The zero-order chi connectivity index (χ0) is 25.2. The molecule has 5 rings (SSSR count). The first kappa shape index (κ1) is 23.5. The third kappa shape index (κ3) is 4.79. The van der Waals surface area contributed by atoms with Crippen LogP contribution in [0.15, 0.2) is 89.3 Å². The molecule has 36 heavy (non-hydrogen) atoms. The van der Waals surface area contributed by atoms with E-state index in [1.54, 1.807) is 42.5 Å². The zero-order valence-electron chi connectivity index (χ0n) is 19.1. The second-order valence-corrected chi connectivity index (χ2v) is 9.00. The average molecular weight is 514 g/mol. The molecule has 0 aliphatic carbocycles. The van der Waals surface area contributed by atoms with Crippen molar-refractivity contribution >= 4 is 73.9 Å². The first-order valence-corrected chi connectivity index (χ1v) is 11.9. The zero-order valence-corrected chi connectivity index (χ0v) is 20.7. The van der Waals surface area contributed by atoms with Crippen LogP contribution < -0.4 is 16.0 Å². The van der Waals surface area contributed by atoms with Crippen LogP contribution >= 0.6 is 23.8 Å². The summed E-state index contributed by atoms with van der Waals surface area (Å²) in [5.74, 6) is -0.448. The number of anilines is 2. The first-order valence-electron chi connectivity index (χ1n) is 11.1. The first-order chi connectivity index (χ1) is 17.4. The molecule has 8 heteroatoms. The maximum Gasteiger partial charge on any atom is 0.291 e. The van der Waals surface area contributed by atoms with Gasteiger partial charge in [-0.05, 0) is 72.6 Å². The second-order valence-electron chi connectivity index (χ2n) is 8.18. The van der Waals surface area contributed by atoms with Gasteiger partial charge in [0.2, 0.25) is 0 Å². The molecular weight excluding hydrogens is 494 g/mol. The minimum atomic E-state index is -0.341. The van der Waals surface area contributed by atoms with Crippen molar-refractivity contribution < 1.29 is 14.0 Å². The van der Waals surface area contributed by atoms with Crippen molar-refractivity contribution in [3.63, 3.8) is 0 Å². The number of furan rings is 1. The number of para-hydroxylation sites is 1. The summed E-state index contributed by atoms with van der Waals surface area (Å²) < 4.78 is 5.64. The molecule has 0 saturated heterocycles. The van der Waals surface area contributed by atoms with E-state index in [1.165, 1.54) is 0 Å². The highest BCUT2D eigenvalue weighted by molar-refractivity contribution is 7.80. The Hall–Kier alpha value is -4.20. The number of aryl methyl sites for hydroxylation is 1. The molecule has 0 radical (unpaired) electrons. The van der Waals surface area contributed by atoms with E-state index in [0.29, 0.717) is 27.5 Å². The molecule has 0 aliphatic heterocycles. The van der Waals surface area contributed by atoms with E-state index in [9.17, 15) is 9.59 Å². The Morgan fingerprint density at radius 1 is 0.833 bits per heavy atom. The molecule has 4 aromatic carbocycles. The van der Waals surface area contributed by atoms with Gasteiger partial charge in [-0.2, -0.15) is 0 Å². The van der Waals surface area contributed by atoms with Crippen molar-refractivity contribution in [2.24, 2.45) is 0 Å². The Morgan fingerprint density at radius 2 is 1.61 bits per heavy atom. The Morgan fingerprint density at radius 3 is 2.42 bits per heavy atom. The van der Waals surface area contributed by atoms with Crippen molar-refractivity contribution in [1.29, 1.82) is 0 Å². The number of thiocarbonyl (C=S) groups is 1. The van der Waals surface area contributed by atoms with Crippen molar-refractivity contribution in [1.82, 2.24) is 5.32 Å². The molecule has 178 valence electrons. The number of amides is 2. The molecule has 0 bridgehead atoms. The lowest BCUT2D eigenvalue weighted by atomic mass is 10.0. The molecule has 0 atom stereocenters. The number of nitrogens with one attached hydrogen (secondary N) is 3. The lowest BCUT2D eigenvalue weighted by Crippen LogP contribution is -2.34. The van der Waals surface area contributed by atoms with Crippen molar-refractivity contribution in [3.8, 4) is 0 Å². The van der Waals surface area contributed by atoms with E-state index in [-0.39, 0.29) is 22.7 Å². The van der Waals surface area contributed by atoms with E-state index in [2.05, 4.69) is 16.0 Å². The summed E-state index contributed by atoms with van der Waals surface area (Å²) in [5.41, 5.74) is 3.23. The SMILES string of the molecule is Cc1cc(NC(=S)NC(=O)c2cccc3c(Cl)cccc23)ccc1NC(=O)c1cc2ccccc2o1. The van der Waals surface area contributed by atoms with E-state index >= 15 is 0 Å². The molecule has 1 aromatic heterocycles. The summed E-state index contributed by atoms with van der Waals surface area (Å²) >= 11 is 11.6. The van der Waals surface area contributed by atoms with Crippen LogP contribution in [0, 0.1) is 6.92 Å². The largest absolute Gasteiger partial charge is 0.451 e. The molecule has 0 fully saturated rings. The quantitative estimate of drug-likeness (QED) is 0.227. The minimum absolute atomic E-state index is 0.150. The molecule has 3 N–H and O–H groups in total. The molecule has 0 spiro atoms. The van der Waals surface area contributed by atoms with Gasteiger partial charge in [0.25, 0.3) is 11.8 Å². The van der Waals surface area contributed by atoms with Crippen LogP contribution in [0.25, 0.3) is 21.7 Å². The molecule has 6 nitrogen and oxygen atoms in total. The molecule has 0 aliphatic rings. The van der Waals surface area contributed by atoms with Crippen molar-refractivity contribution in [3.05, 3.63) is 107 Å². The van der Waals surface area contributed by atoms with Crippen LogP contribution in [0.4, 0.5) is 11.4 Å². The molecule has 0 saturated carbocycles. The van der Waals surface area contributed by atoms with Crippen molar-refractivity contribution in [2.75, 3.05) is 10.6 Å². The summed E-state index contributed by atoms with van der Waals surface area (Å²) in [5, 5.41) is 11.7. The summed E-state index contributed by atoms with van der Waals surface area (Å²) in [6.07, 6.45) is 0. The fraction of sp³-hybridized carbons (Fsp3) is 0.0357. The number of rotatable bonds is 4. The predicted molar refractivity (Wildman–Crippen MR) is 148 cm³/mol. The van der Waals surface area contributed by atoms with Gasteiger partial charge in [0.05, 0.1) is 0 Å². The molecule has 2 amide bonds. The maximum atomic E-state index is 12.9. The van der Waals surface area contributed by atoms with Gasteiger partial charge in [0.15, 0.2) is 10.9 Å². The number of carbonyl (C=O) groups excluding carboxylic acids is 2. The van der Waals surface area contributed by atoms with Crippen LogP contribution in [0.1, 0.15) is 26.5 Å². The lowest BCUT2D eigenvalue weighted by molar-refractivity contribution is 0.0976. The fourth-order valence-corrected chi connectivity index (χ4v) is 4.41. The molecular formula is C28H20ClN3O3S. The van der Waals surface area contributed by atoms with E-state index in [0.717, 1.165) is 21.7 Å². The highest BCUT2D eigenvalue weighted by Crippen LogP contribution is 2.26. The van der Waals surface area contributed by atoms with Gasteiger partial charge >= 0.3 is 0 Å². The smallest absolute Gasteiger partial charge is 0.291 e. The van der Waals surface area contributed by atoms with Crippen molar-refractivity contribution in [2.45, 2.75) is 6.92 Å². The Balaban J connectivity index is 1.25. The Labute approximate surface area is 217 Å². The molecule has 1 heterocycles. The third-order valence-corrected chi connectivity index (χ3v) is 6.26. The fourth-order valence-electron chi connectivity index (χ4n) is 3.96. The van der Waals surface area contributed by atoms with Gasteiger partial charge in [-0.25, -0.2) is 0 Å². The number of carbonyl (C=O) groups is 2. The predicted octanol–water partition coefficient (Wildman–Crippen LogP) is 6.93. The number of hydrogen-bond acceptors (Lipinski definition) is 4. The normalized spacial score (nSPS) is 10.8. The maximum absolute atomic E-state index is 12.9. The Bertz CT molecular complexity index is 1630. The molecule has 5 aromatic rings. The number of hydrogen-bond donors (Lipinski definition) is 3. The standard InChI is InChI=1S/C28H20ClN3O3S/c1-16-14-18(12-13-23(16)31-27(34)25-15-17-6-2-3-11-24(17)35-25)30-28(36)32-26(33)21-9-4-8-20-19(21)7-5-10-22(20)29/h2-15H,1H3,(H,31,34)(H2,30,32,33,36). The van der Waals surface area contributed by atoms with Gasteiger partial charge in [-0.15, -0.1) is 0 Å². The lowest BCUT2D eigenvalue weighted by Gasteiger charge is -2.13. The van der Waals surface area contributed by atoms with Crippen LogP contribution in [0.3, 0.4) is 0 Å². The summed E-state index contributed by atoms with van der Waals surface area (Å²) in [6.45, 7) is 1.86.